The van der Waals surface area contributed by atoms with Crippen LogP contribution in [0.4, 0.5) is 11.6 Å². The fraction of sp³-hybridized carbons (Fsp3) is 0.375. The van der Waals surface area contributed by atoms with Crippen LogP contribution < -0.4 is 15.5 Å². The predicted molar refractivity (Wildman–Crippen MR) is 90.1 cm³/mol. The number of nitrogens with zero attached hydrogens (tertiary/aromatic N) is 4. The van der Waals surface area contributed by atoms with E-state index < -0.39 is 0 Å². The van der Waals surface area contributed by atoms with E-state index in [4.69, 9.17) is 4.74 Å². The zero-order valence-electron chi connectivity index (χ0n) is 13.3. The van der Waals surface area contributed by atoms with Gasteiger partial charge in [0.15, 0.2) is 0 Å². The summed E-state index contributed by atoms with van der Waals surface area (Å²) < 4.78 is 5.34. The van der Waals surface area contributed by atoms with E-state index in [9.17, 15) is 4.79 Å². The van der Waals surface area contributed by atoms with Gasteiger partial charge in [0, 0.05) is 50.2 Å². The highest BCUT2D eigenvalue weighted by Gasteiger charge is 2.12. The first-order valence-corrected chi connectivity index (χ1v) is 7.90. The predicted octanol–water partition coefficient (Wildman–Crippen LogP) is 0.550. The number of aromatic nitrogens is 3. The number of nitrogens with one attached hydrogen (secondary N) is 2. The third-order valence-electron chi connectivity index (χ3n) is 3.65. The van der Waals surface area contributed by atoms with Gasteiger partial charge < -0.3 is 20.3 Å². The molecule has 8 nitrogen and oxygen atoms in total. The number of pyridine rings is 1. The molecule has 0 saturated carbocycles. The number of hydrogen-bond donors (Lipinski definition) is 2. The molecule has 0 aliphatic carbocycles. The zero-order valence-corrected chi connectivity index (χ0v) is 13.3. The number of morpholine rings is 1. The molecule has 24 heavy (non-hydrogen) atoms. The van der Waals surface area contributed by atoms with Gasteiger partial charge in [0.05, 0.1) is 13.2 Å². The molecule has 1 amide bonds. The maximum absolute atomic E-state index is 11.9. The highest BCUT2D eigenvalue weighted by molar-refractivity contribution is 5.93. The fourth-order valence-corrected chi connectivity index (χ4v) is 2.38. The number of carbonyl (C=O) groups is 1. The minimum atomic E-state index is -0.115. The molecule has 3 rings (SSSR count). The van der Waals surface area contributed by atoms with E-state index in [1.807, 2.05) is 6.07 Å². The lowest BCUT2D eigenvalue weighted by Gasteiger charge is -2.27. The van der Waals surface area contributed by atoms with Crippen molar-refractivity contribution in [3.05, 3.63) is 42.5 Å². The number of anilines is 2. The van der Waals surface area contributed by atoms with Crippen molar-refractivity contribution in [3.8, 4) is 0 Å². The fourth-order valence-electron chi connectivity index (χ4n) is 2.38. The standard InChI is InChI=1S/C16H20N6O2/c23-16(13-1-3-17-4-2-13)19-6-5-18-14-11-15(21-12-20-14)22-7-9-24-10-8-22/h1-4,11-12H,5-10H2,(H,19,23)(H,18,20,21). The van der Waals surface area contributed by atoms with E-state index in [0.29, 0.717) is 31.9 Å². The summed E-state index contributed by atoms with van der Waals surface area (Å²) in [6, 6.07) is 5.28. The molecule has 0 spiro atoms. The highest BCUT2D eigenvalue weighted by atomic mass is 16.5. The number of carbonyl (C=O) groups excluding carboxylic acids is 1. The van der Waals surface area contributed by atoms with Gasteiger partial charge in [0.1, 0.15) is 18.0 Å². The summed E-state index contributed by atoms with van der Waals surface area (Å²) in [7, 11) is 0. The van der Waals surface area contributed by atoms with E-state index in [1.54, 1.807) is 30.9 Å². The molecule has 1 aliphatic heterocycles. The topological polar surface area (TPSA) is 92.3 Å². The van der Waals surface area contributed by atoms with E-state index in [2.05, 4.69) is 30.5 Å². The highest BCUT2D eigenvalue weighted by Crippen LogP contribution is 2.15. The number of hydrogen-bond acceptors (Lipinski definition) is 7. The molecule has 126 valence electrons. The third-order valence-corrected chi connectivity index (χ3v) is 3.65. The Morgan fingerprint density at radius 3 is 2.75 bits per heavy atom. The quantitative estimate of drug-likeness (QED) is 0.748. The van der Waals surface area contributed by atoms with Crippen LogP contribution in [0.25, 0.3) is 0 Å². The second kappa shape index (κ2) is 8.21. The van der Waals surface area contributed by atoms with Crippen LogP contribution >= 0.6 is 0 Å². The lowest BCUT2D eigenvalue weighted by Crippen LogP contribution is -2.36. The molecule has 2 N–H and O–H groups in total. The van der Waals surface area contributed by atoms with Crippen molar-refractivity contribution >= 4 is 17.5 Å². The van der Waals surface area contributed by atoms with Crippen molar-refractivity contribution in [1.29, 1.82) is 0 Å². The Kier molecular flexibility index (Phi) is 5.52. The minimum absolute atomic E-state index is 0.115. The molecule has 2 aromatic rings. The number of rotatable bonds is 6. The average Bonchev–Trinajstić information content (AvgIpc) is 2.67. The largest absolute Gasteiger partial charge is 0.378 e. The third kappa shape index (κ3) is 4.39. The Labute approximate surface area is 140 Å². The normalized spacial score (nSPS) is 14.2. The van der Waals surface area contributed by atoms with Crippen LogP contribution in [0.15, 0.2) is 36.9 Å². The van der Waals surface area contributed by atoms with Gasteiger partial charge in [-0.1, -0.05) is 0 Å². The Balaban J connectivity index is 1.46. The van der Waals surface area contributed by atoms with Gasteiger partial charge in [0.2, 0.25) is 0 Å². The van der Waals surface area contributed by atoms with Gasteiger partial charge in [-0.25, -0.2) is 9.97 Å². The van der Waals surface area contributed by atoms with Gasteiger partial charge in [-0.2, -0.15) is 0 Å². The minimum Gasteiger partial charge on any atom is -0.378 e. The molecule has 0 radical (unpaired) electrons. The van der Waals surface area contributed by atoms with Crippen LogP contribution in [0.5, 0.6) is 0 Å². The van der Waals surface area contributed by atoms with Gasteiger partial charge in [0.25, 0.3) is 5.91 Å². The van der Waals surface area contributed by atoms with Crippen molar-refractivity contribution in [1.82, 2.24) is 20.3 Å². The number of amides is 1. The first kappa shape index (κ1) is 16.1. The number of ether oxygens (including phenoxy) is 1. The monoisotopic (exact) mass is 328 g/mol. The van der Waals surface area contributed by atoms with Crippen LogP contribution in [-0.2, 0) is 4.74 Å². The summed E-state index contributed by atoms with van der Waals surface area (Å²) in [5, 5.41) is 6.04. The molecule has 0 unspecified atom stereocenters. The summed E-state index contributed by atoms with van der Waals surface area (Å²) in [6.45, 7) is 4.17. The molecule has 2 aromatic heterocycles. The van der Waals surface area contributed by atoms with Gasteiger partial charge in [-0.15, -0.1) is 0 Å². The van der Waals surface area contributed by atoms with Crippen molar-refractivity contribution in [3.63, 3.8) is 0 Å². The Bertz CT molecular complexity index is 661. The van der Waals surface area contributed by atoms with E-state index >= 15 is 0 Å². The zero-order chi connectivity index (χ0) is 16.6. The Hall–Kier alpha value is -2.74. The summed E-state index contributed by atoms with van der Waals surface area (Å²) in [4.78, 5) is 26.5. The molecule has 1 saturated heterocycles. The second-order valence-electron chi connectivity index (χ2n) is 5.28. The van der Waals surface area contributed by atoms with Crippen LogP contribution in [0.1, 0.15) is 10.4 Å². The molecule has 8 heteroatoms. The van der Waals surface area contributed by atoms with Gasteiger partial charge in [-0.3, -0.25) is 9.78 Å². The molecule has 1 aliphatic rings. The summed E-state index contributed by atoms with van der Waals surface area (Å²) >= 11 is 0. The SMILES string of the molecule is O=C(NCCNc1cc(N2CCOCC2)ncn1)c1ccncc1. The summed E-state index contributed by atoms with van der Waals surface area (Å²) in [5.74, 6) is 1.51. The van der Waals surface area contributed by atoms with Crippen LogP contribution in [0.3, 0.4) is 0 Å². The molecule has 1 fully saturated rings. The summed E-state index contributed by atoms with van der Waals surface area (Å²) in [6.07, 6.45) is 4.74. The average molecular weight is 328 g/mol. The van der Waals surface area contributed by atoms with Crippen molar-refractivity contribution in [2.45, 2.75) is 0 Å². The molecule has 3 heterocycles. The van der Waals surface area contributed by atoms with Gasteiger partial charge >= 0.3 is 0 Å². The maximum atomic E-state index is 11.9. The molecule has 0 atom stereocenters. The first-order chi connectivity index (χ1) is 11.8. The van der Waals surface area contributed by atoms with E-state index in [-0.39, 0.29) is 5.91 Å². The van der Waals surface area contributed by atoms with Crippen LogP contribution in [0, 0.1) is 0 Å². The Morgan fingerprint density at radius 2 is 1.96 bits per heavy atom. The second-order valence-corrected chi connectivity index (χ2v) is 5.28. The van der Waals surface area contributed by atoms with Crippen molar-refractivity contribution < 1.29 is 9.53 Å². The maximum Gasteiger partial charge on any atom is 0.251 e. The summed E-state index contributed by atoms with van der Waals surface area (Å²) in [5.41, 5.74) is 0.599. The van der Waals surface area contributed by atoms with Gasteiger partial charge in [-0.05, 0) is 12.1 Å². The molecule has 0 bridgehead atoms. The lowest BCUT2D eigenvalue weighted by molar-refractivity contribution is 0.0955. The van der Waals surface area contributed by atoms with Crippen molar-refractivity contribution in [2.24, 2.45) is 0 Å². The molecular weight excluding hydrogens is 308 g/mol. The van der Waals surface area contributed by atoms with E-state index in [1.165, 1.54) is 0 Å². The van der Waals surface area contributed by atoms with E-state index in [0.717, 1.165) is 24.7 Å². The van der Waals surface area contributed by atoms with Crippen LogP contribution in [0.2, 0.25) is 0 Å². The Morgan fingerprint density at radius 1 is 1.17 bits per heavy atom. The molecule has 0 aromatic carbocycles. The smallest absolute Gasteiger partial charge is 0.251 e. The van der Waals surface area contributed by atoms with Crippen molar-refractivity contribution in [2.75, 3.05) is 49.6 Å². The first-order valence-electron chi connectivity index (χ1n) is 7.90. The molecular formula is C16H20N6O2. The van der Waals surface area contributed by atoms with Crippen LogP contribution in [-0.4, -0.2) is 60.3 Å². The lowest BCUT2D eigenvalue weighted by atomic mass is 10.2.